The zero-order valence-corrected chi connectivity index (χ0v) is 9.18. The molecule has 0 radical (unpaired) electrons. The van der Waals surface area contributed by atoms with Gasteiger partial charge in [0.1, 0.15) is 12.9 Å². The molecule has 0 aliphatic rings. The molecule has 0 saturated carbocycles. The second-order valence-electron chi connectivity index (χ2n) is 3.11. The van der Waals surface area contributed by atoms with Gasteiger partial charge in [0.05, 0.1) is 11.5 Å². The molecule has 1 aromatic heterocycles. The van der Waals surface area contributed by atoms with Gasteiger partial charge in [-0.05, 0) is 0 Å². The Morgan fingerprint density at radius 1 is 1.56 bits per heavy atom. The maximum absolute atomic E-state index is 11.7. The van der Waals surface area contributed by atoms with Crippen LogP contribution >= 0.6 is 0 Å². The molecule has 1 rings (SSSR count). The topological polar surface area (TPSA) is 116 Å². The van der Waals surface area contributed by atoms with Crippen molar-refractivity contribution in [1.82, 2.24) is 9.97 Å². The van der Waals surface area contributed by atoms with Crippen molar-refractivity contribution >= 4 is 17.3 Å². The maximum Gasteiger partial charge on any atom is 0.352 e. The Balaban J connectivity index is 2.52. The highest BCUT2D eigenvalue weighted by Gasteiger charge is 2.20. The third-order valence-corrected chi connectivity index (χ3v) is 1.82. The van der Waals surface area contributed by atoms with Crippen LogP contribution in [0.2, 0.25) is 0 Å². The first-order chi connectivity index (χ1) is 8.52. The molecule has 0 atom stereocenters. The number of hydrogen-bond donors (Lipinski definition) is 2. The van der Waals surface area contributed by atoms with E-state index in [1.165, 1.54) is 0 Å². The summed E-state index contributed by atoms with van der Waals surface area (Å²) in [6.45, 7) is -0.634. The molecule has 0 aliphatic carbocycles. The number of ether oxygens (including phenoxy) is 1. The van der Waals surface area contributed by atoms with E-state index in [2.05, 4.69) is 20.0 Å². The smallest absolute Gasteiger partial charge is 0.352 e. The van der Waals surface area contributed by atoms with E-state index in [1.54, 1.807) is 0 Å². The third kappa shape index (κ3) is 4.05. The quantitative estimate of drug-likeness (QED) is 0.421. The number of nitrogens with one attached hydrogen (secondary N) is 1. The first-order valence-electron chi connectivity index (χ1n) is 4.87. The van der Waals surface area contributed by atoms with Gasteiger partial charge in [0, 0.05) is 6.54 Å². The fraction of sp³-hybridized carbons (Fsp3) is 0.500. The maximum atomic E-state index is 11.7. The monoisotopic (exact) mass is 263 g/mol. The molecule has 0 aromatic carbocycles. The van der Waals surface area contributed by atoms with Crippen LogP contribution in [0.3, 0.4) is 0 Å². The van der Waals surface area contributed by atoms with Crippen LogP contribution in [0.5, 0.6) is 0 Å². The number of alkyl halides is 2. The minimum absolute atomic E-state index is 0.0363. The molecule has 1 heterocycles. The van der Waals surface area contributed by atoms with Gasteiger partial charge in [0.2, 0.25) is 11.6 Å². The Bertz CT molecular complexity index is 418. The normalized spacial score (nSPS) is 10.6. The van der Waals surface area contributed by atoms with Gasteiger partial charge in [-0.2, -0.15) is 0 Å². The summed E-state index contributed by atoms with van der Waals surface area (Å²) in [4.78, 5) is 17.1. The molecule has 1 aromatic rings. The SMILES string of the molecule is Nc1ncnc(NCCOCC(F)F)c1[N+](=O)[O-]. The van der Waals surface area contributed by atoms with E-state index in [9.17, 15) is 18.9 Å². The summed E-state index contributed by atoms with van der Waals surface area (Å²) >= 11 is 0. The highest BCUT2D eigenvalue weighted by atomic mass is 19.3. The highest BCUT2D eigenvalue weighted by Crippen LogP contribution is 2.25. The predicted molar refractivity (Wildman–Crippen MR) is 58.4 cm³/mol. The van der Waals surface area contributed by atoms with Crippen LogP contribution in [0.15, 0.2) is 6.33 Å². The molecule has 0 spiro atoms. The van der Waals surface area contributed by atoms with Gasteiger partial charge in [0.15, 0.2) is 0 Å². The van der Waals surface area contributed by atoms with Crippen molar-refractivity contribution in [3.8, 4) is 0 Å². The number of aromatic nitrogens is 2. The Labute approximate surface area is 100 Å². The van der Waals surface area contributed by atoms with Gasteiger partial charge in [-0.1, -0.05) is 0 Å². The van der Waals surface area contributed by atoms with Crippen molar-refractivity contribution in [1.29, 1.82) is 0 Å². The van der Waals surface area contributed by atoms with E-state index in [1.807, 2.05) is 0 Å². The Kier molecular flexibility index (Phi) is 5.11. The third-order valence-electron chi connectivity index (χ3n) is 1.82. The van der Waals surface area contributed by atoms with Crippen LogP contribution in [0.4, 0.5) is 26.1 Å². The molecular formula is C8H11F2N5O3. The summed E-state index contributed by atoms with van der Waals surface area (Å²) < 4.78 is 28.1. The Hall–Kier alpha value is -2.10. The first-order valence-corrected chi connectivity index (χ1v) is 4.87. The number of rotatable bonds is 7. The minimum atomic E-state index is -2.55. The van der Waals surface area contributed by atoms with Crippen molar-refractivity contribution in [3.05, 3.63) is 16.4 Å². The van der Waals surface area contributed by atoms with Crippen LogP contribution < -0.4 is 11.1 Å². The zero-order chi connectivity index (χ0) is 13.5. The molecule has 10 heteroatoms. The molecule has 0 aliphatic heterocycles. The summed E-state index contributed by atoms with van der Waals surface area (Å²) in [5.74, 6) is -0.348. The van der Waals surface area contributed by atoms with Crippen LogP contribution in [-0.4, -0.2) is 41.1 Å². The van der Waals surface area contributed by atoms with E-state index in [0.29, 0.717) is 0 Å². The van der Waals surface area contributed by atoms with Gasteiger partial charge >= 0.3 is 5.69 Å². The van der Waals surface area contributed by atoms with Crippen molar-refractivity contribution < 1.29 is 18.4 Å². The summed E-state index contributed by atoms with van der Waals surface area (Å²) in [5.41, 5.74) is 4.88. The molecule has 0 bridgehead atoms. The first kappa shape index (κ1) is 14.0. The molecule has 0 unspecified atom stereocenters. The van der Waals surface area contributed by atoms with E-state index >= 15 is 0 Å². The Morgan fingerprint density at radius 2 is 2.28 bits per heavy atom. The number of nitrogen functional groups attached to an aromatic ring is 1. The second-order valence-corrected chi connectivity index (χ2v) is 3.11. The van der Waals surface area contributed by atoms with E-state index in [4.69, 9.17) is 5.73 Å². The lowest BCUT2D eigenvalue weighted by molar-refractivity contribution is -0.383. The number of halogens is 2. The standard InChI is InChI=1S/C8H11F2N5O3/c9-5(10)3-18-2-1-12-8-6(15(16)17)7(11)13-4-14-8/h4-5H,1-3H2,(H3,11,12,13,14). The number of hydrogen-bond acceptors (Lipinski definition) is 7. The predicted octanol–water partition coefficient (Wildman–Crippen LogP) is 0.661. The summed E-state index contributed by atoms with van der Waals surface area (Å²) in [6, 6.07) is 0. The summed E-state index contributed by atoms with van der Waals surface area (Å²) in [7, 11) is 0. The fourth-order valence-electron chi connectivity index (χ4n) is 1.12. The largest absolute Gasteiger partial charge is 0.378 e. The average molecular weight is 263 g/mol. The second kappa shape index (κ2) is 6.59. The van der Waals surface area contributed by atoms with Gasteiger partial charge < -0.3 is 15.8 Å². The molecule has 18 heavy (non-hydrogen) atoms. The van der Waals surface area contributed by atoms with Crippen molar-refractivity contribution in [2.24, 2.45) is 0 Å². The number of nitro groups is 1. The van der Waals surface area contributed by atoms with E-state index in [0.717, 1.165) is 6.33 Å². The van der Waals surface area contributed by atoms with Crippen LogP contribution in [-0.2, 0) is 4.74 Å². The summed E-state index contributed by atoms with van der Waals surface area (Å²) in [6.07, 6.45) is -1.49. The fourth-order valence-corrected chi connectivity index (χ4v) is 1.12. The van der Waals surface area contributed by atoms with Gasteiger partial charge in [-0.3, -0.25) is 10.1 Å². The zero-order valence-electron chi connectivity index (χ0n) is 9.18. The molecule has 0 amide bonds. The molecule has 0 saturated heterocycles. The lowest BCUT2D eigenvalue weighted by Crippen LogP contribution is -2.15. The van der Waals surface area contributed by atoms with Crippen LogP contribution in [0.1, 0.15) is 0 Å². The molecule has 100 valence electrons. The Morgan fingerprint density at radius 3 is 2.89 bits per heavy atom. The van der Waals surface area contributed by atoms with Gasteiger partial charge in [0.25, 0.3) is 6.43 Å². The molecular weight excluding hydrogens is 252 g/mol. The molecule has 3 N–H and O–H groups in total. The molecule has 0 fully saturated rings. The number of nitrogens with zero attached hydrogens (tertiary/aromatic N) is 3. The lowest BCUT2D eigenvalue weighted by Gasteiger charge is -2.07. The average Bonchev–Trinajstić information content (AvgIpc) is 2.27. The summed E-state index contributed by atoms with van der Waals surface area (Å²) in [5, 5.41) is 13.3. The van der Waals surface area contributed by atoms with Crippen LogP contribution in [0.25, 0.3) is 0 Å². The van der Waals surface area contributed by atoms with Gasteiger partial charge in [-0.25, -0.2) is 18.7 Å². The van der Waals surface area contributed by atoms with Crippen LogP contribution in [0, 0.1) is 10.1 Å². The van der Waals surface area contributed by atoms with E-state index in [-0.39, 0.29) is 24.8 Å². The molecule has 8 nitrogen and oxygen atoms in total. The van der Waals surface area contributed by atoms with Crippen molar-refractivity contribution in [3.63, 3.8) is 0 Å². The van der Waals surface area contributed by atoms with Crippen molar-refractivity contribution in [2.45, 2.75) is 6.43 Å². The number of nitrogens with two attached hydrogens (primary N) is 1. The van der Waals surface area contributed by atoms with Crippen molar-refractivity contribution in [2.75, 3.05) is 30.8 Å². The number of anilines is 2. The van der Waals surface area contributed by atoms with Gasteiger partial charge in [-0.15, -0.1) is 0 Å². The lowest BCUT2D eigenvalue weighted by atomic mass is 10.4. The van der Waals surface area contributed by atoms with E-state index < -0.39 is 23.6 Å². The highest BCUT2D eigenvalue weighted by molar-refractivity contribution is 5.67. The minimum Gasteiger partial charge on any atom is -0.378 e.